The van der Waals surface area contributed by atoms with Gasteiger partial charge in [-0.25, -0.2) is 0 Å². The van der Waals surface area contributed by atoms with Crippen LogP contribution in [0.2, 0.25) is 0 Å². The van der Waals surface area contributed by atoms with Crippen LogP contribution in [-0.2, 0) is 10.2 Å². The SMILES string of the molecule is COc1ccc(Br)c(C2(CC(=O)O)CC2)c1. The van der Waals surface area contributed by atoms with Gasteiger partial charge in [0, 0.05) is 9.89 Å². The van der Waals surface area contributed by atoms with Crippen LogP contribution in [0.25, 0.3) is 0 Å². The molecule has 0 unspecified atom stereocenters. The van der Waals surface area contributed by atoms with Crippen molar-refractivity contribution in [3.63, 3.8) is 0 Å². The second-order valence-corrected chi connectivity index (χ2v) is 5.05. The molecule has 0 saturated heterocycles. The van der Waals surface area contributed by atoms with Crippen molar-refractivity contribution in [3.05, 3.63) is 28.2 Å². The summed E-state index contributed by atoms with van der Waals surface area (Å²) < 4.78 is 6.13. The Hall–Kier alpha value is -1.03. The zero-order valence-electron chi connectivity index (χ0n) is 9.00. The molecule has 3 nitrogen and oxygen atoms in total. The Morgan fingerprint density at radius 3 is 2.75 bits per heavy atom. The number of methoxy groups -OCH3 is 1. The normalized spacial score (nSPS) is 16.9. The van der Waals surface area contributed by atoms with Crippen LogP contribution < -0.4 is 4.74 Å². The second kappa shape index (κ2) is 4.09. The third-order valence-electron chi connectivity index (χ3n) is 3.09. The summed E-state index contributed by atoms with van der Waals surface area (Å²) in [4.78, 5) is 10.8. The molecule has 0 spiro atoms. The van der Waals surface area contributed by atoms with E-state index in [0.29, 0.717) is 0 Å². The molecule has 1 N–H and O–H groups in total. The molecule has 1 aromatic carbocycles. The van der Waals surface area contributed by atoms with Crippen molar-refractivity contribution in [2.75, 3.05) is 7.11 Å². The Balaban J connectivity index is 2.35. The van der Waals surface area contributed by atoms with Crippen LogP contribution in [0, 0.1) is 0 Å². The van der Waals surface area contributed by atoms with E-state index in [4.69, 9.17) is 9.84 Å². The molecule has 1 saturated carbocycles. The molecule has 1 fully saturated rings. The molecule has 0 atom stereocenters. The van der Waals surface area contributed by atoms with E-state index in [9.17, 15) is 4.79 Å². The van der Waals surface area contributed by atoms with Gasteiger partial charge in [0.05, 0.1) is 13.5 Å². The highest BCUT2D eigenvalue weighted by Gasteiger charge is 2.47. The van der Waals surface area contributed by atoms with Gasteiger partial charge in [-0.2, -0.15) is 0 Å². The van der Waals surface area contributed by atoms with Crippen LogP contribution in [-0.4, -0.2) is 18.2 Å². The predicted molar refractivity (Wildman–Crippen MR) is 63.9 cm³/mol. The molecule has 1 aliphatic rings. The van der Waals surface area contributed by atoms with Crippen molar-refractivity contribution < 1.29 is 14.6 Å². The van der Waals surface area contributed by atoms with Gasteiger partial charge >= 0.3 is 5.97 Å². The highest BCUT2D eigenvalue weighted by molar-refractivity contribution is 9.10. The molecule has 0 bridgehead atoms. The van der Waals surface area contributed by atoms with Crippen LogP contribution in [0.1, 0.15) is 24.8 Å². The van der Waals surface area contributed by atoms with Gasteiger partial charge in [-0.3, -0.25) is 4.79 Å². The number of ether oxygens (including phenoxy) is 1. The maximum Gasteiger partial charge on any atom is 0.304 e. The third kappa shape index (κ3) is 2.07. The van der Waals surface area contributed by atoms with E-state index in [2.05, 4.69) is 15.9 Å². The summed E-state index contributed by atoms with van der Waals surface area (Å²) in [6.45, 7) is 0. The van der Waals surface area contributed by atoms with Crippen LogP contribution in [0.5, 0.6) is 5.75 Å². The van der Waals surface area contributed by atoms with Gasteiger partial charge in [0.2, 0.25) is 0 Å². The number of rotatable bonds is 4. The summed E-state index contributed by atoms with van der Waals surface area (Å²) in [5, 5.41) is 8.92. The number of hydrogen-bond acceptors (Lipinski definition) is 2. The molecule has 1 aromatic rings. The van der Waals surface area contributed by atoms with E-state index in [1.807, 2.05) is 18.2 Å². The molecule has 0 aliphatic heterocycles. The molecule has 0 radical (unpaired) electrons. The molecule has 0 heterocycles. The van der Waals surface area contributed by atoms with E-state index in [0.717, 1.165) is 28.6 Å². The lowest BCUT2D eigenvalue weighted by Crippen LogP contribution is -2.13. The first-order valence-electron chi connectivity index (χ1n) is 5.13. The maximum atomic E-state index is 10.8. The Bertz CT molecular complexity index is 424. The Labute approximate surface area is 103 Å². The van der Waals surface area contributed by atoms with E-state index in [1.54, 1.807) is 7.11 Å². The minimum Gasteiger partial charge on any atom is -0.497 e. The van der Waals surface area contributed by atoms with E-state index in [-0.39, 0.29) is 11.8 Å². The third-order valence-corrected chi connectivity index (χ3v) is 3.78. The van der Waals surface area contributed by atoms with Crippen LogP contribution in [0.3, 0.4) is 0 Å². The molecular weight excluding hydrogens is 272 g/mol. The number of carbonyl (C=O) groups is 1. The minimum atomic E-state index is -0.743. The average Bonchev–Trinajstić information content (AvgIpc) is 2.98. The molecule has 86 valence electrons. The van der Waals surface area contributed by atoms with E-state index >= 15 is 0 Å². The summed E-state index contributed by atoms with van der Waals surface area (Å²) in [5.41, 5.74) is 0.869. The summed E-state index contributed by atoms with van der Waals surface area (Å²) >= 11 is 3.48. The number of halogens is 1. The zero-order chi connectivity index (χ0) is 11.8. The van der Waals surface area contributed by atoms with E-state index in [1.165, 1.54) is 0 Å². The zero-order valence-corrected chi connectivity index (χ0v) is 10.6. The summed E-state index contributed by atoms with van der Waals surface area (Å²) in [6.07, 6.45) is 2.06. The molecule has 0 aromatic heterocycles. The van der Waals surface area contributed by atoms with Gasteiger partial charge < -0.3 is 9.84 Å². The number of hydrogen-bond donors (Lipinski definition) is 1. The molecule has 0 amide bonds. The van der Waals surface area contributed by atoms with Gasteiger partial charge in [0.1, 0.15) is 5.75 Å². The fraction of sp³-hybridized carbons (Fsp3) is 0.417. The standard InChI is InChI=1S/C12H13BrO3/c1-16-8-2-3-10(13)9(6-8)12(4-5-12)7-11(14)15/h2-3,6H,4-5,7H2,1H3,(H,14,15). The van der Waals surface area contributed by atoms with Crippen molar-refractivity contribution in [2.45, 2.75) is 24.7 Å². The molecule has 16 heavy (non-hydrogen) atoms. The quantitative estimate of drug-likeness (QED) is 0.925. The Kier molecular flexibility index (Phi) is 2.93. The number of benzene rings is 1. The summed E-state index contributed by atoms with van der Waals surface area (Å²) in [6, 6.07) is 5.71. The van der Waals surface area contributed by atoms with Gasteiger partial charge in [-0.15, -0.1) is 0 Å². The van der Waals surface area contributed by atoms with Crippen LogP contribution >= 0.6 is 15.9 Å². The van der Waals surface area contributed by atoms with Crippen molar-refractivity contribution in [3.8, 4) is 5.75 Å². The lowest BCUT2D eigenvalue weighted by molar-refractivity contribution is -0.137. The summed E-state index contributed by atoms with van der Waals surface area (Å²) in [5.74, 6) is 0.0297. The van der Waals surface area contributed by atoms with Crippen molar-refractivity contribution in [1.82, 2.24) is 0 Å². The number of carboxylic acid groups (broad SMARTS) is 1. The monoisotopic (exact) mass is 284 g/mol. The predicted octanol–water partition coefficient (Wildman–Crippen LogP) is 2.96. The fourth-order valence-corrected chi connectivity index (χ4v) is 2.69. The summed E-state index contributed by atoms with van der Waals surface area (Å²) in [7, 11) is 1.61. The van der Waals surface area contributed by atoms with Gasteiger partial charge in [0.25, 0.3) is 0 Å². The Morgan fingerprint density at radius 2 is 2.25 bits per heavy atom. The van der Waals surface area contributed by atoms with Crippen molar-refractivity contribution >= 4 is 21.9 Å². The van der Waals surface area contributed by atoms with Gasteiger partial charge in [-0.1, -0.05) is 15.9 Å². The maximum absolute atomic E-state index is 10.8. The minimum absolute atomic E-state index is 0.181. The van der Waals surface area contributed by atoms with Crippen molar-refractivity contribution in [2.24, 2.45) is 0 Å². The lowest BCUT2D eigenvalue weighted by atomic mass is 9.92. The first-order valence-corrected chi connectivity index (χ1v) is 5.92. The van der Waals surface area contributed by atoms with Crippen molar-refractivity contribution in [1.29, 1.82) is 0 Å². The smallest absolute Gasteiger partial charge is 0.304 e. The number of carboxylic acids is 1. The van der Waals surface area contributed by atoms with Crippen LogP contribution in [0.4, 0.5) is 0 Å². The highest BCUT2D eigenvalue weighted by Crippen LogP contribution is 2.53. The van der Waals surface area contributed by atoms with Gasteiger partial charge in [0.15, 0.2) is 0 Å². The highest BCUT2D eigenvalue weighted by atomic mass is 79.9. The number of aliphatic carboxylic acids is 1. The molecule has 1 aliphatic carbocycles. The van der Waals surface area contributed by atoms with Crippen LogP contribution in [0.15, 0.2) is 22.7 Å². The fourth-order valence-electron chi connectivity index (χ4n) is 2.02. The first-order chi connectivity index (χ1) is 7.57. The lowest BCUT2D eigenvalue weighted by Gasteiger charge is -2.16. The molecule has 4 heteroatoms. The molecule has 2 rings (SSSR count). The van der Waals surface area contributed by atoms with E-state index < -0.39 is 5.97 Å². The topological polar surface area (TPSA) is 46.5 Å². The average molecular weight is 285 g/mol. The second-order valence-electron chi connectivity index (χ2n) is 4.20. The largest absolute Gasteiger partial charge is 0.497 e. The first kappa shape index (κ1) is 11.5. The van der Waals surface area contributed by atoms with Gasteiger partial charge in [-0.05, 0) is 36.6 Å². The molecular formula is C12H13BrO3. The Morgan fingerprint density at radius 1 is 1.56 bits per heavy atom.